The minimum Gasteiger partial charge on any atom is -0.393 e. The van der Waals surface area contributed by atoms with Gasteiger partial charge in [0.2, 0.25) is 0 Å². The number of hydrogen-bond donors (Lipinski definition) is 1. The monoisotopic (exact) mass is 374 g/mol. The fourth-order valence-electron chi connectivity index (χ4n) is 3.93. The quantitative estimate of drug-likeness (QED) is 0.639. The third-order valence-electron chi connectivity index (χ3n) is 5.82. The molecule has 146 valence electrons. The molecular weight excluding hydrogens is 344 g/mol. The Kier molecular flexibility index (Phi) is 6.23. The highest BCUT2D eigenvalue weighted by molar-refractivity contribution is 5.57. The molecule has 1 N–H and O–H groups in total. The molecule has 2 aliphatic carbocycles. The highest BCUT2D eigenvalue weighted by Crippen LogP contribution is 2.32. The van der Waals surface area contributed by atoms with E-state index in [0.29, 0.717) is 5.92 Å². The number of aromatic nitrogens is 2. The third-order valence-corrected chi connectivity index (χ3v) is 5.82. The normalized spacial score (nSPS) is 21.6. The summed E-state index contributed by atoms with van der Waals surface area (Å²) >= 11 is 0. The SMILES string of the molecule is OC1CCC(c2ccccc2)CC1.c1ccc(-c2ccn(CC3CC3)n2)cc1. The number of benzene rings is 2. The van der Waals surface area contributed by atoms with Gasteiger partial charge in [-0.2, -0.15) is 5.10 Å². The maximum atomic E-state index is 9.37. The van der Waals surface area contributed by atoms with Gasteiger partial charge < -0.3 is 5.11 Å². The Hall–Kier alpha value is -2.39. The lowest BCUT2D eigenvalue weighted by atomic mass is 9.83. The van der Waals surface area contributed by atoms with E-state index in [-0.39, 0.29) is 6.10 Å². The minimum atomic E-state index is -0.0417. The van der Waals surface area contributed by atoms with E-state index in [1.165, 1.54) is 24.0 Å². The maximum absolute atomic E-state index is 9.37. The first-order valence-corrected chi connectivity index (χ1v) is 10.6. The fourth-order valence-corrected chi connectivity index (χ4v) is 3.93. The van der Waals surface area contributed by atoms with Crippen LogP contribution in [0.25, 0.3) is 11.3 Å². The lowest BCUT2D eigenvalue weighted by molar-refractivity contribution is 0.122. The molecular formula is C25H30N2O. The van der Waals surface area contributed by atoms with Crippen molar-refractivity contribution in [1.29, 1.82) is 0 Å². The molecule has 3 nitrogen and oxygen atoms in total. The van der Waals surface area contributed by atoms with Crippen molar-refractivity contribution in [3.05, 3.63) is 78.5 Å². The molecule has 0 radical (unpaired) electrons. The third kappa shape index (κ3) is 5.32. The van der Waals surface area contributed by atoms with E-state index in [2.05, 4.69) is 76.6 Å². The second-order valence-corrected chi connectivity index (χ2v) is 8.15. The Labute approximate surface area is 168 Å². The van der Waals surface area contributed by atoms with Crippen LogP contribution >= 0.6 is 0 Å². The van der Waals surface area contributed by atoms with E-state index in [1.807, 2.05) is 6.07 Å². The molecule has 5 rings (SSSR count). The van der Waals surface area contributed by atoms with E-state index < -0.39 is 0 Å². The number of aliphatic hydroxyl groups is 1. The molecule has 3 aromatic rings. The van der Waals surface area contributed by atoms with Gasteiger partial charge >= 0.3 is 0 Å². The number of hydrogen-bond acceptors (Lipinski definition) is 2. The summed E-state index contributed by atoms with van der Waals surface area (Å²) in [5.41, 5.74) is 3.72. The van der Waals surface area contributed by atoms with E-state index in [0.717, 1.165) is 43.8 Å². The summed E-state index contributed by atoms with van der Waals surface area (Å²) in [4.78, 5) is 0. The first kappa shape index (κ1) is 18.9. The average Bonchev–Trinajstić information content (AvgIpc) is 3.45. The molecule has 0 spiro atoms. The van der Waals surface area contributed by atoms with Crippen molar-refractivity contribution >= 4 is 0 Å². The first-order valence-electron chi connectivity index (χ1n) is 10.6. The highest BCUT2D eigenvalue weighted by atomic mass is 16.3. The molecule has 2 aliphatic rings. The Morgan fingerprint density at radius 3 is 2.07 bits per heavy atom. The Bertz CT molecular complexity index is 831. The van der Waals surface area contributed by atoms with Gasteiger partial charge in [0.1, 0.15) is 0 Å². The first-order chi connectivity index (χ1) is 13.8. The van der Waals surface area contributed by atoms with Crippen molar-refractivity contribution in [3.8, 4) is 11.3 Å². The number of rotatable bonds is 4. The lowest BCUT2D eigenvalue weighted by Gasteiger charge is -2.25. The zero-order valence-corrected chi connectivity index (χ0v) is 16.5. The van der Waals surface area contributed by atoms with Crippen molar-refractivity contribution in [1.82, 2.24) is 9.78 Å². The largest absolute Gasteiger partial charge is 0.393 e. The van der Waals surface area contributed by atoms with Gasteiger partial charge in [-0.3, -0.25) is 4.68 Å². The standard InChI is InChI=1S/C13H14N2.C12H16O/c1-2-4-12(5-3-1)13-8-9-15(14-13)10-11-6-7-11;13-12-8-6-11(7-9-12)10-4-2-1-3-5-10/h1-5,8-9,11H,6-7,10H2;1-5,11-13H,6-9H2. The van der Waals surface area contributed by atoms with Gasteiger partial charge in [-0.1, -0.05) is 60.7 Å². The van der Waals surface area contributed by atoms with Gasteiger partial charge in [-0.15, -0.1) is 0 Å². The second kappa shape index (κ2) is 9.20. The van der Waals surface area contributed by atoms with Gasteiger partial charge in [0.05, 0.1) is 11.8 Å². The molecule has 28 heavy (non-hydrogen) atoms. The molecule has 2 fully saturated rings. The second-order valence-electron chi connectivity index (χ2n) is 8.15. The van der Waals surface area contributed by atoms with E-state index in [1.54, 1.807) is 0 Å². The Morgan fingerprint density at radius 1 is 0.786 bits per heavy atom. The van der Waals surface area contributed by atoms with Gasteiger partial charge in [-0.05, 0) is 62.0 Å². The van der Waals surface area contributed by atoms with E-state index >= 15 is 0 Å². The average molecular weight is 375 g/mol. The Morgan fingerprint density at radius 2 is 1.43 bits per heavy atom. The lowest BCUT2D eigenvalue weighted by Crippen LogP contribution is -2.16. The van der Waals surface area contributed by atoms with Crippen LogP contribution in [0.1, 0.15) is 50.0 Å². The summed E-state index contributed by atoms with van der Waals surface area (Å²) < 4.78 is 2.07. The molecule has 0 bridgehead atoms. The molecule has 2 saturated carbocycles. The van der Waals surface area contributed by atoms with Gasteiger partial charge in [0.25, 0.3) is 0 Å². The van der Waals surface area contributed by atoms with Crippen LogP contribution in [0.5, 0.6) is 0 Å². The summed E-state index contributed by atoms with van der Waals surface area (Å²) in [7, 11) is 0. The summed E-state index contributed by atoms with van der Waals surface area (Å²) in [5, 5.41) is 14.0. The number of aliphatic hydroxyl groups excluding tert-OH is 1. The maximum Gasteiger partial charge on any atom is 0.0923 e. The zero-order chi connectivity index (χ0) is 19.2. The predicted octanol–water partition coefficient (Wildman–Crippen LogP) is 5.67. The molecule has 1 aromatic heterocycles. The topological polar surface area (TPSA) is 38.0 Å². The summed E-state index contributed by atoms with van der Waals surface area (Å²) in [6.45, 7) is 1.09. The molecule has 0 unspecified atom stereocenters. The minimum absolute atomic E-state index is 0.0417. The van der Waals surface area contributed by atoms with E-state index in [9.17, 15) is 5.11 Å². The van der Waals surface area contributed by atoms with Crippen molar-refractivity contribution in [2.75, 3.05) is 0 Å². The van der Waals surface area contributed by atoms with Crippen LogP contribution in [-0.2, 0) is 6.54 Å². The molecule has 0 amide bonds. The van der Waals surface area contributed by atoms with Crippen molar-refractivity contribution in [2.45, 2.75) is 57.1 Å². The molecule has 0 aliphatic heterocycles. The van der Waals surface area contributed by atoms with Crippen LogP contribution in [0, 0.1) is 5.92 Å². The molecule has 0 atom stereocenters. The van der Waals surface area contributed by atoms with Crippen LogP contribution in [-0.4, -0.2) is 21.0 Å². The predicted molar refractivity (Wildman–Crippen MR) is 114 cm³/mol. The number of nitrogens with zero attached hydrogens (tertiary/aromatic N) is 2. The molecule has 3 heteroatoms. The summed E-state index contributed by atoms with van der Waals surface area (Å²) in [6, 6.07) is 23.1. The van der Waals surface area contributed by atoms with Crippen LogP contribution in [0.3, 0.4) is 0 Å². The molecule has 1 heterocycles. The van der Waals surface area contributed by atoms with Gasteiger partial charge in [-0.25, -0.2) is 0 Å². The van der Waals surface area contributed by atoms with Crippen LogP contribution in [0.4, 0.5) is 0 Å². The van der Waals surface area contributed by atoms with Gasteiger partial charge in [0, 0.05) is 18.3 Å². The smallest absolute Gasteiger partial charge is 0.0923 e. The van der Waals surface area contributed by atoms with Crippen LogP contribution < -0.4 is 0 Å². The molecule has 0 saturated heterocycles. The van der Waals surface area contributed by atoms with E-state index in [4.69, 9.17) is 0 Å². The zero-order valence-electron chi connectivity index (χ0n) is 16.5. The highest BCUT2D eigenvalue weighted by Gasteiger charge is 2.22. The van der Waals surface area contributed by atoms with Crippen molar-refractivity contribution in [2.24, 2.45) is 5.92 Å². The van der Waals surface area contributed by atoms with Crippen LogP contribution in [0.15, 0.2) is 72.9 Å². The van der Waals surface area contributed by atoms with Gasteiger partial charge in [0.15, 0.2) is 0 Å². The van der Waals surface area contributed by atoms with Crippen molar-refractivity contribution in [3.63, 3.8) is 0 Å². The fraction of sp³-hybridized carbons (Fsp3) is 0.400. The molecule has 2 aromatic carbocycles. The Balaban J connectivity index is 0.000000139. The van der Waals surface area contributed by atoms with Crippen LogP contribution in [0.2, 0.25) is 0 Å². The summed E-state index contributed by atoms with van der Waals surface area (Å²) in [6.07, 6.45) is 9.02. The van der Waals surface area contributed by atoms with Crippen molar-refractivity contribution < 1.29 is 5.11 Å². The summed E-state index contributed by atoms with van der Waals surface area (Å²) in [5.74, 6) is 1.57.